The Bertz CT molecular complexity index is 356. The molecule has 7 nitrogen and oxygen atoms in total. The second-order valence-electron chi connectivity index (χ2n) is 5.56. The van der Waals surface area contributed by atoms with Gasteiger partial charge in [0.2, 0.25) is 5.91 Å². The van der Waals surface area contributed by atoms with E-state index in [4.69, 9.17) is 5.11 Å². The van der Waals surface area contributed by atoms with Gasteiger partial charge in [-0.3, -0.25) is 9.59 Å². The molecule has 0 aliphatic carbocycles. The van der Waals surface area contributed by atoms with Crippen molar-refractivity contribution in [1.29, 1.82) is 0 Å². The van der Waals surface area contributed by atoms with Gasteiger partial charge < -0.3 is 21.1 Å². The van der Waals surface area contributed by atoms with Crippen LogP contribution in [0, 0.1) is 11.3 Å². The average Bonchev–Trinajstić information content (AvgIpc) is 2.39. The molecule has 0 aromatic rings. The Labute approximate surface area is 119 Å². The van der Waals surface area contributed by atoms with Crippen LogP contribution in [0.5, 0.6) is 0 Å². The third-order valence-corrected chi connectivity index (χ3v) is 2.99. The van der Waals surface area contributed by atoms with Gasteiger partial charge in [0.05, 0.1) is 5.41 Å². The van der Waals surface area contributed by atoms with Crippen LogP contribution in [0.1, 0.15) is 33.6 Å². The Kier molecular flexibility index (Phi) is 7.64. The first-order valence-electron chi connectivity index (χ1n) is 6.64. The molecule has 3 amide bonds. The molecule has 0 aromatic heterocycles. The minimum absolute atomic E-state index is 0.0869. The number of rotatable bonds is 8. The third-order valence-electron chi connectivity index (χ3n) is 2.99. The lowest BCUT2D eigenvalue weighted by molar-refractivity contribution is -0.137. The minimum atomic E-state index is -0.839. The molecule has 0 fully saturated rings. The second kappa shape index (κ2) is 8.39. The highest BCUT2D eigenvalue weighted by Crippen LogP contribution is 2.12. The number of urea groups is 1. The fraction of sp³-hybridized carbons (Fsp3) is 0.769. The van der Waals surface area contributed by atoms with Gasteiger partial charge in [-0.1, -0.05) is 6.92 Å². The Hall–Kier alpha value is -1.79. The molecule has 0 aromatic carbocycles. The first-order chi connectivity index (χ1) is 9.19. The monoisotopic (exact) mass is 287 g/mol. The molecule has 4 N–H and O–H groups in total. The second-order valence-corrected chi connectivity index (χ2v) is 5.56. The lowest BCUT2D eigenvalue weighted by Gasteiger charge is -2.23. The fourth-order valence-electron chi connectivity index (χ4n) is 1.52. The van der Waals surface area contributed by atoms with E-state index in [1.54, 1.807) is 20.9 Å². The maximum atomic E-state index is 11.6. The third kappa shape index (κ3) is 7.60. The van der Waals surface area contributed by atoms with Gasteiger partial charge >= 0.3 is 12.0 Å². The molecule has 1 unspecified atom stereocenters. The van der Waals surface area contributed by atoms with Crippen LogP contribution in [0.25, 0.3) is 0 Å². The average molecular weight is 287 g/mol. The van der Waals surface area contributed by atoms with Crippen molar-refractivity contribution in [3.8, 4) is 0 Å². The summed E-state index contributed by atoms with van der Waals surface area (Å²) in [6.45, 7) is 5.97. The molecule has 0 aliphatic heterocycles. The van der Waals surface area contributed by atoms with Crippen molar-refractivity contribution in [2.24, 2.45) is 11.3 Å². The summed E-state index contributed by atoms with van der Waals surface area (Å²) in [6.07, 6.45) is 0.605. The maximum absolute atomic E-state index is 11.6. The van der Waals surface area contributed by atoms with Crippen molar-refractivity contribution in [2.45, 2.75) is 33.6 Å². The highest BCUT2D eigenvalue weighted by atomic mass is 16.4. The molecule has 0 bridgehead atoms. The predicted molar refractivity (Wildman–Crippen MR) is 75.3 cm³/mol. The number of aliphatic carboxylic acids is 1. The number of carboxylic acid groups (broad SMARTS) is 1. The molecule has 0 spiro atoms. The lowest BCUT2D eigenvalue weighted by atomic mass is 9.92. The molecular weight excluding hydrogens is 262 g/mol. The zero-order valence-corrected chi connectivity index (χ0v) is 12.6. The molecule has 7 heteroatoms. The number of hydrogen-bond acceptors (Lipinski definition) is 3. The number of carbonyl (C=O) groups is 3. The summed E-state index contributed by atoms with van der Waals surface area (Å²) in [5, 5.41) is 16.4. The van der Waals surface area contributed by atoms with E-state index in [0.717, 1.165) is 0 Å². The van der Waals surface area contributed by atoms with E-state index in [0.29, 0.717) is 13.0 Å². The summed E-state index contributed by atoms with van der Waals surface area (Å²) in [7, 11) is 1.55. The van der Waals surface area contributed by atoms with Gasteiger partial charge in [0.25, 0.3) is 0 Å². The van der Waals surface area contributed by atoms with Gasteiger partial charge in [-0.15, -0.1) is 0 Å². The standard InChI is InChI=1S/C13H25N3O4/c1-9(5-6-10(17)18)7-15-12(20)16-8-13(2,3)11(19)14-4/h9H,5-8H2,1-4H3,(H,14,19)(H,17,18)(H2,15,16,20). The van der Waals surface area contributed by atoms with Crippen molar-refractivity contribution in [3.05, 3.63) is 0 Å². The fourth-order valence-corrected chi connectivity index (χ4v) is 1.52. The Balaban J connectivity index is 3.95. The van der Waals surface area contributed by atoms with Crippen LogP contribution < -0.4 is 16.0 Å². The topological polar surface area (TPSA) is 108 Å². The number of amides is 3. The van der Waals surface area contributed by atoms with Crippen LogP contribution in [-0.4, -0.2) is 43.2 Å². The van der Waals surface area contributed by atoms with Crippen molar-refractivity contribution >= 4 is 17.9 Å². The molecule has 0 radical (unpaired) electrons. The van der Waals surface area contributed by atoms with Crippen LogP contribution in [-0.2, 0) is 9.59 Å². The van der Waals surface area contributed by atoms with Crippen LogP contribution in [0.3, 0.4) is 0 Å². The summed E-state index contributed by atoms with van der Waals surface area (Å²) in [5.74, 6) is -0.898. The van der Waals surface area contributed by atoms with E-state index >= 15 is 0 Å². The molecular formula is C13H25N3O4. The molecule has 1 atom stereocenters. The van der Waals surface area contributed by atoms with E-state index in [9.17, 15) is 14.4 Å². The van der Waals surface area contributed by atoms with Gasteiger partial charge in [-0.2, -0.15) is 0 Å². The zero-order valence-electron chi connectivity index (χ0n) is 12.6. The number of carbonyl (C=O) groups excluding carboxylic acids is 2. The quantitative estimate of drug-likeness (QED) is 0.523. The van der Waals surface area contributed by atoms with E-state index in [-0.39, 0.29) is 30.8 Å². The van der Waals surface area contributed by atoms with E-state index in [1.807, 2.05) is 6.92 Å². The largest absolute Gasteiger partial charge is 0.481 e. The zero-order chi connectivity index (χ0) is 15.8. The number of carboxylic acids is 1. The van der Waals surface area contributed by atoms with Crippen LogP contribution in [0.15, 0.2) is 0 Å². The van der Waals surface area contributed by atoms with Crippen LogP contribution >= 0.6 is 0 Å². The minimum Gasteiger partial charge on any atom is -0.481 e. The molecule has 116 valence electrons. The SMILES string of the molecule is CNC(=O)C(C)(C)CNC(=O)NCC(C)CCC(=O)O. The van der Waals surface area contributed by atoms with Gasteiger partial charge in [0.15, 0.2) is 0 Å². The van der Waals surface area contributed by atoms with Crippen molar-refractivity contribution in [2.75, 3.05) is 20.1 Å². The number of nitrogens with one attached hydrogen (secondary N) is 3. The van der Waals surface area contributed by atoms with Crippen LogP contribution in [0.2, 0.25) is 0 Å². The predicted octanol–water partition coefficient (Wildman–Crippen LogP) is 0.559. The van der Waals surface area contributed by atoms with Gasteiger partial charge in [0.1, 0.15) is 0 Å². The van der Waals surface area contributed by atoms with Gasteiger partial charge in [0, 0.05) is 26.6 Å². The first-order valence-corrected chi connectivity index (χ1v) is 6.64. The lowest BCUT2D eigenvalue weighted by Crippen LogP contribution is -2.47. The van der Waals surface area contributed by atoms with Crippen molar-refractivity contribution < 1.29 is 19.5 Å². The normalized spacial score (nSPS) is 12.4. The van der Waals surface area contributed by atoms with Gasteiger partial charge in [-0.25, -0.2) is 4.79 Å². The molecule has 20 heavy (non-hydrogen) atoms. The molecule has 0 saturated heterocycles. The van der Waals surface area contributed by atoms with Crippen molar-refractivity contribution in [3.63, 3.8) is 0 Å². The van der Waals surface area contributed by atoms with Crippen LogP contribution in [0.4, 0.5) is 4.79 Å². The van der Waals surface area contributed by atoms with E-state index < -0.39 is 11.4 Å². The maximum Gasteiger partial charge on any atom is 0.314 e. The number of hydrogen-bond donors (Lipinski definition) is 4. The Morgan fingerprint density at radius 1 is 1.20 bits per heavy atom. The van der Waals surface area contributed by atoms with E-state index in [1.165, 1.54) is 0 Å². The molecule has 0 heterocycles. The highest BCUT2D eigenvalue weighted by Gasteiger charge is 2.26. The smallest absolute Gasteiger partial charge is 0.314 e. The summed E-state index contributed by atoms with van der Waals surface area (Å²) in [6, 6.07) is -0.357. The molecule has 0 saturated carbocycles. The van der Waals surface area contributed by atoms with Gasteiger partial charge in [-0.05, 0) is 26.2 Å². The molecule has 0 rings (SSSR count). The summed E-state index contributed by atoms with van der Waals surface area (Å²) >= 11 is 0. The summed E-state index contributed by atoms with van der Waals surface area (Å²) in [5.41, 5.74) is -0.680. The summed E-state index contributed by atoms with van der Waals surface area (Å²) < 4.78 is 0. The summed E-state index contributed by atoms with van der Waals surface area (Å²) in [4.78, 5) is 33.5. The first kappa shape index (κ1) is 18.2. The van der Waals surface area contributed by atoms with E-state index in [2.05, 4.69) is 16.0 Å². The molecule has 0 aliphatic rings. The van der Waals surface area contributed by atoms with Crippen molar-refractivity contribution in [1.82, 2.24) is 16.0 Å². The Morgan fingerprint density at radius 3 is 2.30 bits per heavy atom. The Morgan fingerprint density at radius 2 is 1.80 bits per heavy atom. The highest BCUT2D eigenvalue weighted by molar-refractivity contribution is 5.82.